The van der Waals surface area contributed by atoms with Gasteiger partial charge in [-0.2, -0.15) is 0 Å². The van der Waals surface area contributed by atoms with Gasteiger partial charge in [-0.1, -0.05) is 20.8 Å². The van der Waals surface area contributed by atoms with Gasteiger partial charge in [0.2, 0.25) is 11.8 Å². The third-order valence-electron chi connectivity index (χ3n) is 4.07. The van der Waals surface area contributed by atoms with E-state index in [1.54, 1.807) is 18.7 Å². The molecule has 1 heterocycles. The van der Waals surface area contributed by atoms with Crippen molar-refractivity contribution in [2.75, 3.05) is 32.7 Å². The minimum Gasteiger partial charge on any atom is -0.356 e. The Kier molecular flexibility index (Phi) is 8.05. The van der Waals surface area contributed by atoms with Crippen LogP contribution in [0.4, 0.5) is 0 Å². The van der Waals surface area contributed by atoms with E-state index in [0.717, 1.165) is 0 Å². The molecule has 0 aromatic rings. The van der Waals surface area contributed by atoms with E-state index in [1.807, 2.05) is 20.8 Å². The largest absolute Gasteiger partial charge is 0.356 e. The highest BCUT2D eigenvalue weighted by molar-refractivity contribution is 6.35. The summed E-state index contributed by atoms with van der Waals surface area (Å²) in [6.45, 7) is 11.2. The SMILES string of the molecule is CC(C)NC(=O)C(=O)N1CCN(C(=O)CCCNC(=O)C(C)(C)C)CC1. The minimum atomic E-state index is -0.602. The van der Waals surface area contributed by atoms with E-state index in [9.17, 15) is 19.2 Å². The number of rotatable bonds is 5. The second-order valence-electron chi connectivity index (χ2n) is 7.91. The maximum atomic E-state index is 12.2. The molecule has 0 atom stereocenters. The molecule has 8 nitrogen and oxygen atoms in total. The molecule has 0 bridgehead atoms. The van der Waals surface area contributed by atoms with Crippen LogP contribution < -0.4 is 10.6 Å². The summed E-state index contributed by atoms with van der Waals surface area (Å²) in [7, 11) is 0. The van der Waals surface area contributed by atoms with E-state index in [2.05, 4.69) is 10.6 Å². The first kappa shape index (κ1) is 21.9. The molecule has 1 rings (SSSR count). The van der Waals surface area contributed by atoms with Crippen LogP contribution in [0.1, 0.15) is 47.5 Å². The smallest absolute Gasteiger partial charge is 0.312 e. The second-order valence-corrected chi connectivity index (χ2v) is 7.91. The summed E-state index contributed by atoms with van der Waals surface area (Å²) in [4.78, 5) is 51.0. The first-order valence-corrected chi connectivity index (χ1v) is 9.18. The van der Waals surface area contributed by atoms with Crippen LogP contribution in [0, 0.1) is 5.41 Å². The Bertz CT molecular complexity index is 532. The Morgan fingerprint density at radius 1 is 0.962 bits per heavy atom. The van der Waals surface area contributed by atoms with Gasteiger partial charge in [-0.25, -0.2) is 0 Å². The highest BCUT2D eigenvalue weighted by Gasteiger charge is 2.28. The molecule has 0 saturated carbocycles. The van der Waals surface area contributed by atoms with Crippen LogP contribution in [0.3, 0.4) is 0 Å². The number of carbonyl (C=O) groups is 4. The fourth-order valence-corrected chi connectivity index (χ4v) is 2.49. The summed E-state index contributed by atoms with van der Waals surface area (Å²) in [6.07, 6.45) is 0.933. The molecular weight excluding hydrogens is 336 g/mol. The lowest BCUT2D eigenvalue weighted by atomic mass is 9.96. The Hall–Kier alpha value is -2.12. The molecule has 1 saturated heterocycles. The van der Waals surface area contributed by atoms with Gasteiger partial charge in [0.1, 0.15) is 0 Å². The Morgan fingerprint density at radius 3 is 2.00 bits per heavy atom. The highest BCUT2D eigenvalue weighted by Crippen LogP contribution is 2.12. The lowest BCUT2D eigenvalue weighted by Crippen LogP contribution is -2.54. The average molecular weight is 368 g/mol. The van der Waals surface area contributed by atoms with Crippen LogP contribution >= 0.6 is 0 Å². The van der Waals surface area contributed by atoms with Gasteiger partial charge in [0.15, 0.2) is 0 Å². The van der Waals surface area contributed by atoms with Gasteiger partial charge in [-0.15, -0.1) is 0 Å². The van der Waals surface area contributed by atoms with E-state index in [1.165, 1.54) is 4.90 Å². The Morgan fingerprint density at radius 2 is 1.50 bits per heavy atom. The van der Waals surface area contributed by atoms with Crippen molar-refractivity contribution in [1.82, 2.24) is 20.4 Å². The maximum absolute atomic E-state index is 12.2. The number of nitrogens with one attached hydrogen (secondary N) is 2. The Balaban J connectivity index is 2.30. The highest BCUT2D eigenvalue weighted by atomic mass is 16.2. The number of amides is 4. The van der Waals surface area contributed by atoms with Crippen LogP contribution in [0.5, 0.6) is 0 Å². The zero-order valence-corrected chi connectivity index (χ0v) is 16.6. The predicted octanol–water partition coefficient (Wildman–Crippen LogP) is 0.124. The molecule has 1 fully saturated rings. The molecule has 2 N–H and O–H groups in total. The summed E-state index contributed by atoms with van der Waals surface area (Å²) >= 11 is 0. The monoisotopic (exact) mass is 368 g/mol. The normalized spacial score (nSPS) is 15.0. The lowest BCUT2D eigenvalue weighted by Gasteiger charge is -2.34. The van der Waals surface area contributed by atoms with Crippen LogP contribution in [-0.2, 0) is 19.2 Å². The van der Waals surface area contributed by atoms with Crippen LogP contribution in [0.15, 0.2) is 0 Å². The predicted molar refractivity (Wildman–Crippen MR) is 98.1 cm³/mol. The third-order valence-corrected chi connectivity index (χ3v) is 4.07. The van der Waals surface area contributed by atoms with Gasteiger partial charge in [-0.3, -0.25) is 19.2 Å². The standard InChI is InChI=1S/C18H32N4O4/c1-13(2)20-15(24)16(25)22-11-9-21(10-12-22)14(23)7-6-8-19-17(26)18(3,4)5/h13H,6-12H2,1-5H3,(H,19,26)(H,20,24). The van der Waals surface area contributed by atoms with Crippen molar-refractivity contribution in [3.05, 3.63) is 0 Å². The van der Waals surface area contributed by atoms with Gasteiger partial charge in [-0.05, 0) is 20.3 Å². The van der Waals surface area contributed by atoms with Crippen molar-refractivity contribution in [2.24, 2.45) is 5.41 Å². The fourth-order valence-electron chi connectivity index (χ4n) is 2.49. The number of piperazine rings is 1. The zero-order chi connectivity index (χ0) is 19.9. The number of hydrogen-bond donors (Lipinski definition) is 2. The molecule has 26 heavy (non-hydrogen) atoms. The number of nitrogens with zero attached hydrogens (tertiary/aromatic N) is 2. The van der Waals surface area contributed by atoms with E-state index >= 15 is 0 Å². The quantitative estimate of drug-likeness (QED) is 0.532. The van der Waals surface area contributed by atoms with Crippen LogP contribution in [-0.4, -0.2) is 72.2 Å². The summed E-state index contributed by atoms with van der Waals surface area (Å²) in [5.74, 6) is -1.17. The van der Waals surface area contributed by atoms with Crippen molar-refractivity contribution in [2.45, 2.75) is 53.5 Å². The molecule has 148 valence electrons. The van der Waals surface area contributed by atoms with Crippen molar-refractivity contribution in [3.8, 4) is 0 Å². The molecule has 1 aliphatic heterocycles. The van der Waals surface area contributed by atoms with Crippen LogP contribution in [0.2, 0.25) is 0 Å². The van der Waals surface area contributed by atoms with E-state index in [0.29, 0.717) is 45.6 Å². The first-order valence-electron chi connectivity index (χ1n) is 9.18. The number of carbonyl (C=O) groups excluding carboxylic acids is 4. The molecule has 0 aromatic carbocycles. The molecular formula is C18H32N4O4. The fraction of sp³-hybridized carbons (Fsp3) is 0.778. The molecule has 4 amide bonds. The van der Waals surface area contributed by atoms with Gasteiger partial charge < -0.3 is 20.4 Å². The van der Waals surface area contributed by atoms with Crippen molar-refractivity contribution in [3.63, 3.8) is 0 Å². The molecule has 0 radical (unpaired) electrons. The summed E-state index contributed by atoms with van der Waals surface area (Å²) in [5.41, 5.74) is -0.436. The molecule has 8 heteroatoms. The van der Waals surface area contributed by atoms with Gasteiger partial charge in [0.05, 0.1) is 0 Å². The van der Waals surface area contributed by atoms with Crippen LogP contribution in [0.25, 0.3) is 0 Å². The summed E-state index contributed by atoms with van der Waals surface area (Å²) < 4.78 is 0. The third kappa shape index (κ3) is 7.01. The summed E-state index contributed by atoms with van der Waals surface area (Å²) in [6, 6.07) is -0.0897. The van der Waals surface area contributed by atoms with Crippen molar-refractivity contribution >= 4 is 23.6 Å². The molecule has 0 aliphatic carbocycles. The Labute approximate surface area is 155 Å². The topological polar surface area (TPSA) is 98.8 Å². The van der Waals surface area contributed by atoms with Gasteiger partial charge in [0, 0.05) is 50.6 Å². The molecule has 0 spiro atoms. The maximum Gasteiger partial charge on any atom is 0.312 e. The summed E-state index contributed by atoms with van der Waals surface area (Å²) in [5, 5.41) is 5.41. The zero-order valence-electron chi connectivity index (χ0n) is 16.6. The van der Waals surface area contributed by atoms with Crippen molar-refractivity contribution < 1.29 is 19.2 Å². The van der Waals surface area contributed by atoms with Crippen molar-refractivity contribution in [1.29, 1.82) is 0 Å². The lowest BCUT2D eigenvalue weighted by molar-refractivity contribution is -0.148. The molecule has 0 aromatic heterocycles. The minimum absolute atomic E-state index is 0.00809. The van der Waals surface area contributed by atoms with Gasteiger partial charge >= 0.3 is 11.8 Å². The average Bonchev–Trinajstić information content (AvgIpc) is 2.56. The number of hydrogen-bond acceptors (Lipinski definition) is 4. The molecule has 0 unspecified atom stereocenters. The molecule has 1 aliphatic rings. The second kappa shape index (κ2) is 9.54. The first-order chi connectivity index (χ1) is 12.0. The van der Waals surface area contributed by atoms with Gasteiger partial charge in [0.25, 0.3) is 0 Å². The van der Waals surface area contributed by atoms with E-state index in [4.69, 9.17) is 0 Å². The van der Waals surface area contributed by atoms with E-state index < -0.39 is 17.2 Å². The van der Waals surface area contributed by atoms with E-state index in [-0.39, 0.29) is 17.9 Å².